The van der Waals surface area contributed by atoms with Crippen LogP contribution >= 0.6 is 0 Å². The number of nitrogens with one attached hydrogen (secondary N) is 1. The van der Waals surface area contributed by atoms with Crippen LogP contribution in [0.5, 0.6) is 0 Å². The molecule has 2 rings (SSSR count). The van der Waals surface area contributed by atoms with E-state index in [9.17, 15) is 9.59 Å². The van der Waals surface area contributed by atoms with Crippen molar-refractivity contribution in [2.45, 2.75) is 20.0 Å². The number of rotatable bonds is 7. The summed E-state index contributed by atoms with van der Waals surface area (Å²) in [6, 6.07) is 18.0. The fraction of sp³-hybridized carbons (Fsp3) is 0.263. The lowest BCUT2D eigenvalue weighted by molar-refractivity contribution is 0.0705. The molecule has 23 heavy (non-hydrogen) atoms. The number of amides is 1. The minimum Gasteiger partial charge on any atom is -0.329 e. The highest BCUT2D eigenvalue weighted by atomic mass is 16.2. The van der Waals surface area contributed by atoms with Crippen molar-refractivity contribution in [1.29, 1.82) is 0 Å². The maximum Gasteiger partial charge on any atom is 0.252 e. The number of likely N-dealkylation sites (N-methyl/N-ethyl adjacent to an activating group) is 1. The van der Waals surface area contributed by atoms with E-state index in [0.29, 0.717) is 24.2 Å². The van der Waals surface area contributed by atoms with Crippen LogP contribution in [-0.2, 0) is 0 Å². The summed E-state index contributed by atoms with van der Waals surface area (Å²) in [5, 5.41) is 2.87. The first-order valence-corrected chi connectivity index (χ1v) is 7.86. The molecule has 4 heteroatoms. The zero-order valence-electron chi connectivity index (χ0n) is 13.5. The molecule has 0 aliphatic heterocycles. The highest BCUT2D eigenvalue weighted by Crippen LogP contribution is 2.09. The average Bonchev–Trinajstić information content (AvgIpc) is 2.62. The number of Topliss-reactive ketones (excluding diaryl/α,β-unsaturated/α-hetero) is 1. The molecular weight excluding hydrogens is 288 g/mol. The van der Waals surface area contributed by atoms with Crippen molar-refractivity contribution in [2.24, 2.45) is 0 Å². The van der Waals surface area contributed by atoms with E-state index in [4.69, 9.17) is 0 Å². The third-order valence-electron chi connectivity index (χ3n) is 3.79. The summed E-state index contributed by atoms with van der Waals surface area (Å²) in [6.07, 6.45) is -0.667. The second kappa shape index (κ2) is 8.25. The van der Waals surface area contributed by atoms with Crippen molar-refractivity contribution in [3.63, 3.8) is 0 Å². The van der Waals surface area contributed by atoms with E-state index >= 15 is 0 Å². The molecule has 0 saturated carbocycles. The standard InChI is InChI=1S/C19H22N2O2/c1-3-21(4-2)18(17(22)15-11-7-5-8-12-15)20-19(23)16-13-9-6-10-14-16/h5-14,18H,3-4H2,1-2H3,(H,20,23)/t18-/m0/s1. The highest BCUT2D eigenvalue weighted by Gasteiger charge is 2.27. The van der Waals surface area contributed by atoms with Gasteiger partial charge in [-0.1, -0.05) is 62.4 Å². The van der Waals surface area contributed by atoms with Crippen LogP contribution in [-0.4, -0.2) is 35.8 Å². The number of ketones is 1. The molecule has 1 N–H and O–H groups in total. The first-order valence-electron chi connectivity index (χ1n) is 7.86. The van der Waals surface area contributed by atoms with Crippen molar-refractivity contribution < 1.29 is 9.59 Å². The topological polar surface area (TPSA) is 49.4 Å². The molecule has 2 aromatic carbocycles. The van der Waals surface area contributed by atoms with Gasteiger partial charge in [0.2, 0.25) is 0 Å². The first-order chi connectivity index (χ1) is 11.2. The molecule has 0 fully saturated rings. The molecule has 120 valence electrons. The van der Waals surface area contributed by atoms with Gasteiger partial charge in [0.15, 0.2) is 5.78 Å². The van der Waals surface area contributed by atoms with Gasteiger partial charge in [-0.25, -0.2) is 0 Å². The highest BCUT2D eigenvalue weighted by molar-refractivity contribution is 6.04. The molecule has 0 spiro atoms. The maximum absolute atomic E-state index is 12.8. The van der Waals surface area contributed by atoms with E-state index < -0.39 is 6.17 Å². The van der Waals surface area contributed by atoms with Gasteiger partial charge in [0, 0.05) is 11.1 Å². The van der Waals surface area contributed by atoms with Gasteiger partial charge in [0.05, 0.1) is 0 Å². The summed E-state index contributed by atoms with van der Waals surface area (Å²) in [5.74, 6) is -0.342. The van der Waals surface area contributed by atoms with Gasteiger partial charge in [-0.15, -0.1) is 0 Å². The van der Waals surface area contributed by atoms with E-state index in [1.165, 1.54) is 0 Å². The summed E-state index contributed by atoms with van der Waals surface area (Å²) in [4.78, 5) is 27.2. The van der Waals surface area contributed by atoms with Gasteiger partial charge in [0.1, 0.15) is 6.17 Å². The lowest BCUT2D eigenvalue weighted by atomic mass is 10.1. The summed E-state index contributed by atoms with van der Waals surface area (Å²) < 4.78 is 0. The largest absolute Gasteiger partial charge is 0.329 e. The van der Waals surface area contributed by atoms with Crippen LogP contribution in [0.4, 0.5) is 0 Å². The number of nitrogens with zero attached hydrogens (tertiary/aromatic N) is 1. The summed E-state index contributed by atoms with van der Waals surface area (Å²) in [7, 11) is 0. The SMILES string of the molecule is CCN(CC)[C@H](NC(=O)c1ccccc1)C(=O)c1ccccc1. The number of benzene rings is 2. The minimum absolute atomic E-state index is 0.0985. The Hall–Kier alpha value is -2.46. The van der Waals surface area contributed by atoms with Crippen LogP contribution in [0.1, 0.15) is 34.6 Å². The van der Waals surface area contributed by atoms with E-state index in [1.54, 1.807) is 36.4 Å². The molecule has 0 radical (unpaired) electrons. The predicted octanol–water partition coefficient (Wildman–Crippen LogP) is 2.97. The van der Waals surface area contributed by atoms with Crippen molar-refractivity contribution in [2.75, 3.05) is 13.1 Å². The Morgan fingerprint density at radius 1 is 0.870 bits per heavy atom. The second-order valence-corrected chi connectivity index (χ2v) is 5.19. The number of carbonyl (C=O) groups is 2. The fourth-order valence-electron chi connectivity index (χ4n) is 2.47. The first kappa shape index (κ1) is 16.9. The molecule has 0 aliphatic rings. The molecule has 1 atom stereocenters. The third-order valence-corrected chi connectivity index (χ3v) is 3.79. The van der Waals surface area contributed by atoms with Crippen LogP contribution in [0.3, 0.4) is 0 Å². The Balaban J connectivity index is 2.24. The van der Waals surface area contributed by atoms with Crippen LogP contribution in [0, 0.1) is 0 Å². The lowest BCUT2D eigenvalue weighted by Crippen LogP contribution is -2.53. The number of hydrogen-bond donors (Lipinski definition) is 1. The zero-order valence-corrected chi connectivity index (χ0v) is 13.5. The summed E-state index contributed by atoms with van der Waals surface area (Å²) >= 11 is 0. The van der Waals surface area contributed by atoms with Crippen LogP contribution in [0.25, 0.3) is 0 Å². The molecule has 2 aromatic rings. The minimum atomic E-state index is -0.667. The van der Waals surface area contributed by atoms with Crippen LogP contribution in [0.2, 0.25) is 0 Å². The maximum atomic E-state index is 12.8. The van der Waals surface area contributed by atoms with Gasteiger partial charge in [-0.2, -0.15) is 0 Å². The smallest absolute Gasteiger partial charge is 0.252 e. The molecule has 0 bridgehead atoms. The second-order valence-electron chi connectivity index (χ2n) is 5.19. The summed E-state index contributed by atoms with van der Waals surface area (Å²) in [6.45, 7) is 5.30. The van der Waals surface area contributed by atoms with Crippen LogP contribution < -0.4 is 5.32 Å². The molecule has 1 amide bonds. The number of carbonyl (C=O) groups excluding carboxylic acids is 2. The van der Waals surface area contributed by atoms with E-state index in [2.05, 4.69) is 5.32 Å². The fourth-order valence-corrected chi connectivity index (χ4v) is 2.47. The van der Waals surface area contributed by atoms with E-state index in [1.807, 2.05) is 43.0 Å². The predicted molar refractivity (Wildman–Crippen MR) is 91.4 cm³/mol. The Morgan fingerprint density at radius 3 is 1.83 bits per heavy atom. The molecule has 4 nitrogen and oxygen atoms in total. The quantitative estimate of drug-likeness (QED) is 0.632. The van der Waals surface area contributed by atoms with Gasteiger partial charge in [-0.05, 0) is 25.2 Å². The average molecular weight is 310 g/mol. The molecule has 0 heterocycles. The van der Waals surface area contributed by atoms with Gasteiger partial charge < -0.3 is 5.32 Å². The van der Waals surface area contributed by atoms with E-state index in [-0.39, 0.29) is 11.7 Å². The van der Waals surface area contributed by atoms with Crippen molar-refractivity contribution >= 4 is 11.7 Å². The molecule has 0 aliphatic carbocycles. The van der Waals surface area contributed by atoms with Crippen molar-refractivity contribution in [3.8, 4) is 0 Å². The summed E-state index contributed by atoms with van der Waals surface area (Å²) in [5.41, 5.74) is 1.14. The lowest BCUT2D eigenvalue weighted by Gasteiger charge is -2.29. The Bertz CT molecular complexity index is 637. The Morgan fingerprint density at radius 2 is 1.35 bits per heavy atom. The third kappa shape index (κ3) is 4.27. The van der Waals surface area contributed by atoms with Gasteiger partial charge in [-0.3, -0.25) is 14.5 Å². The zero-order chi connectivity index (χ0) is 16.7. The van der Waals surface area contributed by atoms with E-state index in [0.717, 1.165) is 0 Å². The molecule has 0 saturated heterocycles. The molecule has 0 unspecified atom stereocenters. The van der Waals surface area contributed by atoms with Gasteiger partial charge >= 0.3 is 0 Å². The van der Waals surface area contributed by atoms with Crippen LogP contribution in [0.15, 0.2) is 60.7 Å². The Labute approximate surface area is 137 Å². The number of hydrogen-bond acceptors (Lipinski definition) is 3. The Kier molecular flexibility index (Phi) is 6.06. The van der Waals surface area contributed by atoms with Crippen molar-refractivity contribution in [1.82, 2.24) is 10.2 Å². The van der Waals surface area contributed by atoms with Gasteiger partial charge in [0.25, 0.3) is 5.91 Å². The van der Waals surface area contributed by atoms with Crippen molar-refractivity contribution in [3.05, 3.63) is 71.8 Å². The molecular formula is C19H22N2O2. The molecule has 0 aromatic heterocycles. The monoisotopic (exact) mass is 310 g/mol. The normalized spacial score (nSPS) is 12.0.